The largest absolute Gasteiger partial charge is 0.495 e. The lowest BCUT2D eigenvalue weighted by Crippen LogP contribution is -2.53. The first-order valence-corrected chi connectivity index (χ1v) is 14.9. The number of hydrogen-bond acceptors (Lipinski definition) is 5. The van der Waals surface area contributed by atoms with E-state index in [1.54, 1.807) is 24.3 Å². The molecule has 0 aliphatic carbocycles. The zero-order valence-electron chi connectivity index (χ0n) is 23.4. The van der Waals surface area contributed by atoms with Gasteiger partial charge in [-0.05, 0) is 63.1 Å². The molecule has 0 saturated carbocycles. The van der Waals surface area contributed by atoms with Crippen molar-refractivity contribution in [1.29, 1.82) is 0 Å². The molecule has 0 unspecified atom stereocenters. The third-order valence-corrected chi connectivity index (χ3v) is 8.37. The summed E-state index contributed by atoms with van der Waals surface area (Å²) in [7, 11) is -2.73. The molecule has 10 heteroatoms. The Labute approximate surface area is 241 Å². The molecule has 8 nitrogen and oxygen atoms in total. The van der Waals surface area contributed by atoms with Crippen LogP contribution < -0.4 is 14.4 Å². The third-order valence-electron chi connectivity index (χ3n) is 6.29. The van der Waals surface area contributed by atoms with Crippen LogP contribution in [0.5, 0.6) is 5.75 Å². The fraction of sp³-hybridized carbons (Fsp3) is 0.333. The number of benzene rings is 3. The molecule has 1 N–H and O–H groups in total. The minimum absolute atomic E-state index is 0.0181. The van der Waals surface area contributed by atoms with Crippen LogP contribution in [0.3, 0.4) is 0 Å². The Morgan fingerprint density at radius 2 is 1.70 bits per heavy atom. The van der Waals surface area contributed by atoms with Crippen molar-refractivity contribution in [3.63, 3.8) is 0 Å². The molecule has 2 amide bonds. The summed E-state index contributed by atoms with van der Waals surface area (Å²) in [6, 6.07) is 19.1. The van der Waals surface area contributed by atoms with Gasteiger partial charge in [0.05, 0.1) is 22.7 Å². The van der Waals surface area contributed by atoms with Crippen molar-refractivity contribution in [2.75, 3.05) is 18.0 Å². The number of amides is 2. The normalized spacial score (nSPS) is 12.1. The van der Waals surface area contributed by atoms with Gasteiger partial charge in [0.1, 0.15) is 18.3 Å². The van der Waals surface area contributed by atoms with Crippen molar-refractivity contribution in [2.24, 2.45) is 0 Å². The first kappa shape index (κ1) is 31.0. The number of nitrogens with zero attached hydrogens (tertiary/aromatic N) is 2. The van der Waals surface area contributed by atoms with Gasteiger partial charge in [0.2, 0.25) is 11.8 Å². The van der Waals surface area contributed by atoms with E-state index in [2.05, 4.69) is 5.32 Å². The first-order chi connectivity index (χ1) is 19.0. The van der Waals surface area contributed by atoms with Crippen LogP contribution in [-0.2, 0) is 26.2 Å². The minimum Gasteiger partial charge on any atom is -0.495 e. The smallest absolute Gasteiger partial charge is 0.264 e. The van der Waals surface area contributed by atoms with Gasteiger partial charge in [0.25, 0.3) is 10.0 Å². The molecule has 0 aliphatic rings. The third kappa shape index (κ3) is 7.55. The number of ether oxygens (including phenoxy) is 1. The molecule has 0 radical (unpaired) electrons. The predicted molar refractivity (Wildman–Crippen MR) is 158 cm³/mol. The van der Waals surface area contributed by atoms with Crippen molar-refractivity contribution >= 4 is 39.1 Å². The molecule has 0 bridgehead atoms. The zero-order chi connectivity index (χ0) is 29.4. The number of anilines is 1. The maximum Gasteiger partial charge on any atom is 0.264 e. The highest BCUT2D eigenvalue weighted by Gasteiger charge is 2.34. The van der Waals surface area contributed by atoms with Gasteiger partial charge in [-0.15, -0.1) is 0 Å². The van der Waals surface area contributed by atoms with Crippen molar-refractivity contribution in [1.82, 2.24) is 10.2 Å². The molecule has 40 heavy (non-hydrogen) atoms. The zero-order valence-corrected chi connectivity index (χ0v) is 25.0. The summed E-state index contributed by atoms with van der Waals surface area (Å²) in [5, 5.41) is 3.09. The highest BCUT2D eigenvalue weighted by atomic mass is 35.5. The number of halogens is 1. The van der Waals surface area contributed by atoms with Crippen LogP contribution >= 0.6 is 11.6 Å². The number of carbonyl (C=O) groups is 2. The molecule has 3 rings (SSSR count). The van der Waals surface area contributed by atoms with Gasteiger partial charge < -0.3 is 15.0 Å². The second-order valence-electron chi connectivity index (χ2n) is 9.74. The van der Waals surface area contributed by atoms with Gasteiger partial charge in [0, 0.05) is 12.6 Å². The van der Waals surface area contributed by atoms with Gasteiger partial charge in [-0.2, -0.15) is 0 Å². The quantitative estimate of drug-likeness (QED) is 0.316. The average Bonchev–Trinajstić information content (AvgIpc) is 2.91. The van der Waals surface area contributed by atoms with E-state index < -0.39 is 28.5 Å². The average molecular weight is 586 g/mol. The SMILES string of the molecule is CC[C@H](C(=O)NC(C)C)N(Cc1cccc(C)c1)C(=O)CN(c1ccc(OC)c(Cl)c1)S(=O)(=O)c1ccccc1. The molecule has 0 fully saturated rings. The van der Waals surface area contributed by atoms with Crippen molar-refractivity contribution in [2.45, 2.75) is 57.6 Å². The fourth-order valence-electron chi connectivity index (χ4n) is 4.37. The van der Waals surface area contributed by atoms with E-state index >= 15 is 0 Å². The van der Waals surface area contributed by atoms with Crippen LogP contribution in [-0.4, -0.2) is 50.9 Å². The molecular weight excluding hydrogens is 550 g/mol. The second kappa shape index (κ2) is 13.7. The van der Waals surface area contributed by atoms with Crippen LogP contribution in [0.1, 0.15) is 38.3 Å². The highest BCUT2D eigenvalue weighted by Crippen LogP contribution is 2.32. The first-order valence-electron chi connectivity index (χ1n) is 13.0. The Balaban J connectivity index is 2.09. The van der Waals surface area contributed by atoms with Gasteiger partial charge in [0.15, 0.2) is 0 Å². The van der Waals surface area contributed by atoms with Gasteiger partial charge in [-0.3, -0.25) is 13.9 Å². The van der Waals surface area contributed by atoms with E-state index in [1.807, 2.05) is 52.0 Å². The molecule has 0 aromatic heterocycles. The number of aryl methyl sites for hydroxylation is 1. The minimum atomic E-state index is -4.18. The summed E-state index contributed by atoms with van der Waals surface area (Å²) in [6.45, 7) is 7.05. The Kier molecular flexibility index (Phi) is 10.6. The lowest BCUT2D eigenvalue weighted by Gasteiger charge is -2.33. The summed E-state index contributed by atoms with van der Waals surface area (Å²) in [5.74, 6) is -0.464. The summed E-state index contributed by atoms with van der Waals surface area (Å²) < 4.78 is 34.0. The Bertz CT molecular complexity index is 1430. The maximum atomic E-state index is 14.1. The summed E-state index contributed by atoms with van der Waals surface area (Å²) in [5.41, 5.74) is 2.03. The van der Waals surface area contributed by atoms with Gasteiger partial charge >= 0.3 is 0 Å². The molecule has 3 aromatic rings. The lowest BCUT2D eigenvalue weighted by atomic mass is 10.1. The van der Waals surface area contributed by atoms with Crippen LogP contribution in [0.15, 0.2) is 77.7 Å². The van der Waals surface area contributed by atoms with E-state index in [-0.39, 0.29) is 34.1 Å². The standard InChI is InChI=1S/C30H36ClN3O5S/c1-6-27(30(36)32-21(2)3)33(19-23-12-10-11-22(4)17-23)29(35)20-34(24-15-16-28(39-5)26(31)18-24)40(37,38)25-13-8-7-9-14-25/h7-18,21,27H,6,19-20H2,1-5H3,(H,32,36)/t27-/m1/s1. The number of methoxy groups -OCH3 is 1. The number of rotatable bonds is 12. The molecule has 1 atom stereocenters. The number of carbonyl (C=O) groups excluding carboxylic acids is 2. The summed E-state index contributed by atoms with van der Waals surface area (Å²) in [4.78, 5) is 28.8. The molecule has 3 aromatic carbocycles. The molecule has 0 heterocycles. The molecule has 214 valence electrons. The second-order valence-corrected chi connectivity index (χ2v) is 12.0. The van der Waals surface area contributed by atoms with Gasteiger partial charge in [-0.25, -0.2) is 8.42 Å². The van der Waals surface area contributed by atoms with E-state index in [9.17, 15) is 18.0 Å². The number of sulfonamides is 1. The lowest BCUT2D eigenvalue weighted by molar-refractivity contribution is -0.140. The highest BCUT2D eigenvalue weighted by molar-refractivity contribution is 7.92. The van der Waals surface area contributed by atoms with E-state index in [1.165, 1.54) is 36.3 Å². The van der Waals surface area contributed by atoms with Crippen LogP contribution in [0.4, 0.5) is 5.69 Å². The van der Waals surface area contributed by atoms with Crippen LogP contribution in [0.25, 0.3) is 0 Å². The molecule has 0 saturated heterocycles. The van der Waals surface area contributed by atoms with E-state index in [0.29, 0.717) is 12.2 Å². The maximum absolute atomic E-state index is 14.1. The van der Waals surface area contributed by atoms with Crippen molar-refractivity contribution in [3.05, 3.63) is 88.9 Å². The van der Waals surface area contributed by atoms with Crippen molar-refractivity contribution < 1.29 is 22.7 Å². The Hall–Kier alpha value is -3.56. The van der Waals surface area contributed by atoms with E-state index in [0.717, 1.165) is 15.4 Å². The Morgan fingerprint density at radius 3 is 2.27 bits per heavy atom. The predicted octanol–water partition coefficient (Wildman–Crippen LogP) is 5.18. The van der Waals surface area contributed by atoms with Crippen molar-refractivity contribution in [3.8, 4) is 5.75 Å². The summed E-state index contributed by atoms with van der Waals surface area (Å²) >= 11 is 6.36. The van der Waals surface area contributed by atoms with Crippen LogP contribution in [0.2, 0.25) is 5.02 Å². The van der Waals surface area contributed by atoms with Crippen LogP contribution in [0, 0.1) is 6.92 Å². The monoisotopic (exact) mass is 585 g/mol. The topological polar surface area (TPSA) is 96.0 Å². The number of nitrogens with one attached hydrogen (secondary N) is 1. The fourth-order valence-corrected chi connectivity index (χ4v) is 6.05. The molecular formula is C30H36ClN3O5S. The molecule has 0 spiro atoms. The molecule has 0 aliphatic heterocycles. The Morgan fingerprint density at radius 1 is 1.00 bits per heavy atom. The summed E-state index contributed by atoms with van der Waals surface area (Å²) in [6.07, 6.45) is 0.343. The number of hydrogen-bond donors (Lipinski definition) is 1. The van der Waals surface area contributed by atoms with E-state index in [4.69, 9.17) is 16.3 Å². The van der Waals surface area contributed by atoms with Gasteiger partial charge in [-0.1, -0.05) is 66.6 Å².